The van der Waals surface area contributed by atoms with E-state index in [9.17, 15) is 13.2 Å². The van der Waals surface area contributed by atoms with Crippen molar-refractivity contribution in [2.45, 2.75) is 11.7 Å². The molecule has 0 aliphatic carbocycles. The van der Waals surface area contributed by atoms with Gasteiger partial charge in [0.15, 0.2) is 15.5 Å². The lowest BCUT2D eigenvalue weighted by molar-refractivity contribution is 0.0760. The maximum Gasteiger partial charge on any atom is 0.276 e. The molecule has 0 bridgehead atoms. The molecule has 1 atom stereocenters. The van der Waals surface area contributed by atoms with Crippen molar-refractivity contribution < 1.29 is 13.2 Å². The molecule has 122 valence electrons. The number of rotatable bonds is 2. The second kappa shape index (κ2) is 6.11. The summed E-state index contributed by atoms with van der Waals surface area (Å²) >= 11 is 0. The maximum absolute atomic E-state index is 12.5. The molecule has 1 aliphatic heterocycles. The highest BCUT2D eigenvalue weighted by Gasteiger charge is 2.33. The van der Waals surface area contributed by atoms with Crippen LogP contribution in [0.15, 0.2) is 36.5 Å². The molecule has 0 radical (unpaired) electrons. The number of benzene rings is 1. The van der Waals surface area contributed by atoms with Gasteiger partial charge in [-0.25, -0.2) is 8.42 Å². The lowest BCUT2D eigenvalue weighted by Gasteiger charge is -2.18. The minimum absolute atomic E-state index is 0.0431. The van der Waals surface area contributed by atoms with Crippen molar-refractivity contribution in [3.8, 4) is 0 Å². The molecule has 1 aromatic carbocycles. The third kappa shape index (κ3) is 3.26. The number of aryl methyl sites for hydroxylation is 1. The van der Waals surface area contributed by atoms with E-state index < -0.39 is 15.1 Å². The van der Waals surface area contributed by atoms with Gasteiger partial charge in [0.2, 0.25) is 0 Å². The number of aromatic nitrogens is 3. The summed E-state index contributed by atoms with van der Waals surface area (Å²) in [4.78, 5) is 14.0. The summed E-state index contributed by atoms with van der Waals surface area (Å²) in [7, 11) is -1.61. The number of carbonyl (C=O) groups excluding carboxylic acids is 1. The zero-order valence-electron chi connectivity index (χ0n) is 12.8. The summed E-state index contributed by atoms with van der Waals surface area (Å²) in [6, 6.07) is 9.16. The Morgan fingerprint density at radius 2 is 1.96 bits per heavy atom. The third-order valence-corrected chi connectivity index (χ3v) is 6.15. The zero-order chi connectivity index (χ0) is 16.4. The number of amides is 1. The van der Waals surface area contributed by atoms with Crippen molar-refractivity contribution in [3.05, 3.63) is 47.8 Å². The number of nitrogens with zero attached hydrogens (tertiary/aromatic N) is 4. The van der Waals surface area contributed by atoms with Crippen LogP contribution in [0.25, 0.3) is 0 Å². The molecule has 1 aromatic heterocycles. The molecule has 1 saturated heterocycles. The molecule has 0 saturated carbocycles. The smallest absolute Gasteiger partial charge is 0.276 e. The number of carbonyl (C=O) groups is 1. The molecular weight excluding hydrogens is 316 g/mol. The molecule has 3 rings (SSSR count). The van der Waals surface area contributed by atoms with E-state index in [1.807, 2.05) is 30.3 Å². The average molecular weight is 334 g/mol. The zero-order valence-corrected chi connectivity index (χ0v) is 13.6. The van der Waals surface area contributed by atoms with Gasteiger partial charge in [0.1, 0.15) is 0 Å². The van der Waals surface area contributed by atoms with E-state index in [1.165, 1.54) is 10.9 Å². The van der Waals surface area contributed by atoms with Gasteiger partial charge in [0.05, 0.1) is 17.2 Å². The summed E-state index contributed by atoms with van der Waals surface area (Å²) in [6.07, 6.45) is 1.93. The summed E-state index contributed by atoms with van der Waals surface area (Å²) in [5.74, 6) is -0.319. The molecular formula is C15H18N4O3S. The van der Waals surface area contributed by atoms with Crippen LogP contribution in [0.3, 0.4) is 0 Å². The van der Waals surface area contributed by atoms with Crippen molar-refractivity contribution in [2.75, 3.05) is 18.8 Å². The van der Waals surface area contributed by atoms with E-state index in [2.05, 4.69) is 10.3 Å². The minimum atomic E-state index is -3.29. The van der Waals surface area contributed by atoms with Gasteiger partial charge >= 0.3 is 0 Å². The largest absolute Gasteiger partial charge is 0.336 e. The normalized spacial score (nSPS) is 20.9. The highest BCUT2D eigenvalue weighted by molar-refractivity contribution is 7.91. The molecule has 1 fully saturated rings. The molecule has 23 heavy (non-hydrogen) atoms. The molecule has 2 aromatic rings. The number of hydrogen-bond acceptors (Lipinski definition) is 5. The van der Waals surface area contributed by atoms with Gasteiger partial charge in [-0.15, -0.1) is 5.10 Å². The molecule has 8 heteroatoms. The quantitative estimate of drug-likeness (QED) is 0.811. The first-order valence-corrected chi connectivity index (χ1v) is 9.11. The first-order valence-electron chi connectivity index (χ1n) is 7.39. The van der Waals surface area contributed by atoms with Crippen molar-refractivity contribution in [3.63, 3.8) is 0 Å². The standard InChI is InChI=1S/C15H18N4O3S/c1-18-11-13(16-17-18)15(20)19-8-7-14(23(21,22)10-9-19)12-5-3-2-4-6-12/h2-6,11,14H,7-10H2,1H3. The Hall–Kier alpha value is -2.22. The van der Waals surface area contributed by atoms with Crippen LogP contribution in [0.2, 0.25) is 0 Å². The minimum Gasteiger partial charge on any atom is -0.336 e. The Morgan fingerprint density at radius 3 is 2.61 bits per heavy atom. The van der Waals surface area contributed by atoms with Crippen LogP contribution in [0, 0.1) is 0 Å². The van der Waals surface area contributed by atoms with E-state index >= 15 is 0 Å². The Balaban J connectivity index is 1.81. The predicted molar refractivity (Wildman–Crippen MR) is 84.5 cm³/mol. The van der Waals surface area contributed by atoms with Crippen LogP contribution in [-0.4, -0.2) is 53.1 Å². The molecule has 1 aliphatic rings. The van der Waals surface area contributed by atoms with Crippen LogP contribution >= 0.6 is 0 Å². The lowest BCUT2D eigenvalue weighted by atomic mass is 10.1. The average Bonchev–Trinajstić information content (AvgIpc) is 2.90. The fourth-order valence-electron chi connectivity index (χ4n) is 2.80. The van der Waals surface area contributed by atoms with E-state index in [-0.39, 0.29) is 23.9 Å². The summed E-state index contributed by atoms with van der Waals surface area (Å²) in [5.41, 5.74) is 1.02. The lowest BCUT2D eigenvalue weighted by Crippen LogP contribution is -2.33. The third-order valence-electron chi connectivity index (χ3n) is 4.02. The van der Waals surface area contributed by atoms with E-state index in [0.717, 1.165) is 5.56 Å². The van der Waals surface area contributed by atoms with Crippen molar-refractivity contribution in [2.24, 2.45) is 7.05 Å². The van der Waals surface area contributed by atoms with Crippen LogP contribution in [0.1, 0.15) is 27.7 Å². The van der Waals surface area contributed by atoms with Crippen molar-refractivity contribution in [1.82, 2.24) is 19.9 Å². The van der Waals surface area contributed by atoms with Gasteiger partial charge in [0, 0.05) is 20.1 Å². The molecule has 7 nitrogen and oxygen atoms in total. The highest BCUT2D eigenvalue weighted by atomic mass is 32.2. The monoisotopic (exact) mass is 334 g/mol. The fraction of sp³-hybridized carbons (Fsp3) is 0.400. The number of sulfone groups is 1. The van der Waals surface area contributed by atoms with Gasteiger partial charge in [-0.05, 0) is 12.0 Å². The molecule has 1 amide bonds. The second-order valence-corrected chi connectivity index (χ2v) is 7.93. The first-order chi connectivity index (χ1) is 11.0. The Bertz CT molecular complexity index is 801. The maximum atomic E-state index is 12.5. The molecule has 2 heterocycles. The van der Waals surface area contributed by atoms with E-state index in [0.29, 0.717) is 13.0 Å². The van der Waals surface area contributed by atoms with Gasteiger partial charge in [-0.3, -0.25) is 9.48 Å². The summed E-state index contributed by atoms with van der Waals surface area (Å²) in [5, 5.41) is 6.99. The van der Waals surface area contributed by atoms with Crippen LogP contribution in [-0.2, 0) is 16.9 Å². The van der Waals surface area contributed by atoms with E-state index in [4.69, 9.17) is 0 Å². The predicted octanol–water partition coefficient (Wildman–Crippen LogP) is 0.817. The Kier molecular flexibility index (Phi) is 4.16. The van der Waals surface area contributed by atoms with E-state index in [1.54, 1.807) is 11.9 Å². The second-order valence-electron chi connectivity index (χ2n) is 5.62. The first kappa shape index (κ1) is 15.7. The molecule has 0 spiro atoms. The highest BCUT2D eigenvalue weighted by Crippen LogP contribution is 2.29. The van der Waals surface area contributed by atoms with Crippen LogP contribution in [0.4, 0.5) is 0 Å². The van der Waals surface area contributed by atoms with Crippen molar-refractivity contribution in [1.29, 1.82) is 0 Å². The van der Waals surface area contributed by atoms with Gasteiger partial charge in [0.25, 0.3) is 5.91 Å². The van der Waals surface area contributed by atoms with Crippen molar-refractivity contribution >= 4 is 15.7 Å². The summed E-state index contributed by atoms with van der Waals surface area (Å²) in [6.45, 7) is 0.565. The Morgan fingerprint density at radius 1 is 1.22 bits per heavy atom. The Labute approximate surface area is 134 Å². The fourth-order valence-corrected chi connectivity index (χ4v) is 4.59. The molecule has 0 N–H and O–H groups in total. The molecule has 1 unspecified atom stereocenters. The topological polar surface area (TPSA) is 85.2 Å². The van der Waals surface area contributed by atoms with Gasteiger partial charge in [-0.1, -0.05) is 35.5 Å². The van der Waals surface area contributed by atoms with Gasteiger partial charge in [-0.2, -0.15) is 0 Å². The summed E-state index contributed by atoms with van der Waals surface area (Å²) < 4.78 is 26.5. The number of hydrogen-bond donors (Lipinski definition) is 0. The van der Waals surface area contributed by atoms with Crippen LogP contribution in [0.5, 0.6) is 0 Å². The van der Waals surface area contributed by atoms with Crippen LogP contribution < -0.4 is 0 Å². The van der Waals surface area contributed by atoms with Gasteiger partial charge < -0.3 is 4.90 Å². The SMILES string of the molecule is Cn1cc(C(=O)N2CCC(c3ccccc3)S(=O)(=O)CC2)nn1.